The molecule has 2 N–H and O–H groups in total. The molecule has 3 heteroatoms. The molecule has 140 valence electrons. The van der Waals surface area contributed by atoms with Gasteiger partial charge in [-0.2, -0.15) is 0 Å². The Balaban J connectivity index is 1.60. The molecule has 1 aliphatic heterocycles. The second-order valence-corrected chi connectivity index (χ2v) is 7.56. The summed E-state index contributed by atoms with van der Waals surface area (Å²) < 4.78 is 0. The number of aromatic hydroxyl groups is 1. The van der Waals surface area contributed by atoms with Crippen LogP contribution < -0.4 is 0 Å². The monoisotopic (exact) mass is 353 g/mol. The van der Waals surface area contributed by atoms with Crippen LogP contribution in [0.3, 0.4) is 0 Å². The zero-order chi connectivity index (χ0) is 18.4. The van der Waals surface area contributed by atoms with Crippen molar-refractivity contribution in [3.8, 4) is 5.75 Å². The van der Waals surface area contributed by atoms with Crippen molar-refractivity contribution in [1.82, 2.24) is 4.90 Å². The van der Waals surface area contributed by atoms with Crippen molar-refractivity contribution < 1.29 is 10.2 Å². The maximum absolute atomic E-state index is 10.9. The van der Waals surface area contributed by atoms with Crippen molar-refractivity contribution in [2.24, 2.45) is 5.92 Å². The van der Waals surface area contributed by atoms with Crippen LogP contribution in [0.5, 0.6) is 5.75 Å². The molecule has 1 heterocycles. The summed E-state index contributed by atoms with van der Waals surface area (Å²) in [7, 11) is 0. The number of nitrogens with zero attached hydrogens (tertiary/aromatic N) is 1. The van der Waals surface area contributed by atoms with Crippen molar-refractivity contribution in [3.63, 3.8) is 0 Å². The van der Waals surface area contributed by atoms with Gasteiger partial charge in [-0.3, -0.25) is 4.90 Å². The summed E-state index contributed by atoms with van der Waals surface area (Å²) >= 11 is 0. The van der Waals surface area contributed by atoms with Gasteiger partial charge in [0.25, 0.3) is 0 Å². The van der Waals surface area contributed by atoms with E-state index in [-0.39, 0.29) is 11.8 Å². The molecular weight excluding hydrogens is 322 g/mol. The van der Waals surface area contributed by atoms with Crippen molar-refractivity contribution in [2.75, 3.05) is 13.1 Å². The number of rotatable bonds is 7. The second kappa shape index (κ2) is 9.20. The van der Waals surface area contributed by atoms with Gasteiger partial charge in [-0.05, 0) is 68.0 Å². The van der Waals surface area contributed by atoms with E-state index in [1.807, 2.05) is 12.1 Å². The van der Waals surface area contributed by atoms with E-state index in [0.29, 0.717) is 0 Å². The number of hydrogen-bond acceptors (Lipinski definition) is 3. The fourth-order valence-electron chi connectivity index (χ4n) is 4.17. The molecule has 3 nitrogen and oxygen atoms in total. The molecule has 0 aromatic heterocycles. The van der Waals surface area contributed by atoms with Crippen LogP contribution in [-0.2, 0) is 6.42 Å². The minimum atomic E-state index is -0.499. The summed E-state index contributed by atoms with van der Waals surface area (Å²) in [5.41, 5.74) is 2.33. The number of phenols is 1. The van der Waals surface area contributed by atoms with Gasteiger partial charge in [0.15, 0.2) is 0 Å². The number of hydrogen-bond donors (Lipinski definition) is 2. The van der Waals surface area contributed by atoms with Crippen molar-refractivity contribution in [3.05, 3.63) is 65.7 Å². The van der Waals surface area contributed by atoms with Crippen LogP contribution in [0.25, 0.3) is 0 Å². The van der Waals surface area contributed by atoms with Gasteiger partial charge in [0.2, 0.25) is 0 Å². The van der Waals surface area contributed by atoms with Crippen LogP contribution >= 0.6 is 0 Å². The Morgan fingerprint density at radius 2 is 1.65 bits per heavy atom. The maximum atomic E-state index is 10.9. The predicted molar refractivity (Wildman–Crippen MR) is 106 cm³/mol. The Kier molecular flexibility index (Phi) is 6.70. The Bertz CT molecular complexity index is 648. The largest absolute Gasteiger partial charge is 0.508 e. The third-order valence-corrected chi connectivity index (χ3v) is 5.67. The molecule has 0 bridgehead atoms. The number of piperidine rings is 1. The van der Waals surface area contributed by atoms with Crippen LogP contribution in [0.15, 0.2) is 54.6 Å². The van der Waals surface area contributed by atoms with E-state index in [1.165, 1.54) is 18.4 Å². The highest BCUT2D eigenvalue weighted by Crippen LogP contribution is 2.30. The van der Waals surface area contributed by atoms with Crippen LogP contribution in [0.4, 0.5) is 0 Å². The van der Waals surface area contributed by atoms with Gasteiger partial charge in [-0.25, -0.2) is 0 Å². The Hall–Kier alpha value is -1.84. The van der Waals surface area contributed by atoms with Crippen LogP contribution in [0.1, 0.15) is 49.8 Å². The lowest BCUT2D eigenvalue weighted by atomic mass is 9.88. The SMILES string of the molecule is CCCC(C(O)c1ccc(O)cc1)N1CCC(Cc2ccccc2)CC1. The van der Waals surface area contributed by atoms with Crippen LogP contribution in [-0.4, -0.2) is 34.2 Å². The first-order chi connectivity index (χ1) is 12.7. The summed E-state index contributed by atoms with van der Waals surface area (Å²) in [6, 6.07) is 17.9. The average molecular weight is 354 g/mol. The number of phenolic OH excluding ortho intramolecular Hbond substituents is 1. The summed E-state index contributed by atoms with van der Waals surface area (Å²) in [6.07, 6.45) is 5.10. The first kappa shape index (κ1) is 18.9. The normalized spacial score (nSPS) is 18.5. The minimum Gasteiger partial charge on any atom is -0.508 e. The molecule has 0 saturated carbocycles. The topological polar surface area (TPSA) is 43.7 Å². The van der Waals surface area contributed by atoms with E-state index in [2.05, 4.69) is 42.2 Å². The lowest BCUT2D eigenvalue weighted by Gasteiger charge is -2.40. The minimum absolute atomic E-state index is 0.155. The molecule has 2 unspecified atom stereocenters. The van der Waals surface area contributed by atoms with E-state index >= 15 is 0 Å². The van der Waals surface area contributed by atoms with Crippen molar-refractivity contribution in [2.45, 2.75) is 51.2 Å². The van der Waals surface area contributed by atoms with E-state index in [4.69, 9.17) is 0 Å². The third-order valence-electron chi connectivity index (χ3n) is 5.67. The van der Waals surface area contributed by atoms with E-state index in [9.17, 15) is 10.2 Å². The standard InChI is InChI=1S/C23H31NO2/c1-2-6-22(23(26)20-9-11-21(25)12-10-20)24-15-13-19(14-16-24)17-18-7-4-3-5-8-18/h3-5,7-12,19,22-23,25-26H,2,6,13-17H2,1H3. The van der Waals surface area contributed by atoms with Gasteiger partial charge in [0.1, 0.15) is 5.75 Å². The van der Waals surface area contributed by atoms with Gasteiger partial charge in [0, 0.05) is 6.04 Å². The van der Waals surface area contributed by atoms with Gasteiger partial charge in [-0.1, -0.05) is 55.8 Å². The quantitative estimate of drug-likeness (QED) is 0.767. The highest BCUT2D eigenvalue weighted by molar-refractivity contribution is 5.28. The number of aliphatic hydroxyl groups is 1. The molecule has 1 fully saturated rings. The summed E-state index contributed by atoms with van der Waals surface area (Å²) in [5, 5.41) is 20.4. The molecule has 1 saturated heterocycles. The number of aliphatic hydroxyl groups excluding tert-OH is 1. The van der Waals surface area contributed by atoms with Crippen molar-refractivity contribution in [1.29, 1.82) is 0 Å². The highest BCUT2D eigenvalue weighted by Gasteiger charge is 2.30. The molecule has 0 aliphatic carbocycles. The fraction of sp³-hybridized carbons (Fsp3) is 0.478. The molecule has 26 heavy (non-hydrogen) atoms. The highest BCUT2D eigenvalue weighted by atomic mass is 16.3. The Morgan fingerprint density at radius 3 is 2.27 bits per heavy atom. The Morgan fingerprint density at radius 1 is 1.00 bits per heavy atom. The van der Waals surface area contributed by atoms with E-state index < -0.39 is 6.10 Å². The molecule has 2 atom stereocenters. The van der Waals surface area contributed by atoms with Gasteiger partial charge in [0.05, 0.1) is 6.10 Å². The van der Waals surface area contributed by atoms with Crippen LogP contribution in [0.2, 0.25) is 0 Å². The summed E-state index contributed by atoms with van der Waals surface area (Å²) in [6.45, 7) is 4.29. The summed E-state index contributed by atoms with van der Waals surface area (Å²) in [5.74, 6) is 0.983. The first-order valence-electron chi connectivity index (χ1n) is 9.92. The zero-order valence-electron chi connectivity index (χ0n) is 15.7. The predicted octanol–water partition coefficient (Wildman–Crippen LogP) is 4.55. The zero-order valence-corrected chi connectivity index (χ0v) is 15.7. The molecule has 0 radical (unpaired) electrons. The molecule has 1 aliphatic rings. The number of benzene rings is 2. The molecule has 2 aromatic rings. The summed E-state index contributed by atoms with van der Waals surface area (Å²) in [4.78, 5) is 2.47. The molecule has 0 amide bonds. The second-order valence-electron chi connectivity index (χ2n) is 7.56. The fourth-order valence-corrected chi connectivity index (χ4v) is 4.17. The van der Waals surface area contributed by atoms with Gasteiger partial charge >= 0.3 is 0 Å². The molecule has 3 rings (SSSR count). The van der Waals surface area contributed by atoms with Crippen LogP contribution in [0, 0.1) is 5.92 Å². The maximum Gasteiger partial charge on any atom is 0.115 e. The van der Waals surface area contributed by atoms with Gasteiger partial charge < -0.3 is 10.2 Å². The van der Waals surface area contributed by atoms with Crippen molar-refractivity contribution >= 4 is 0 Å². The lowest BCUT2D eigenvalue weighted by molar-refractivity contribution is 0.0231. The lowest BCUT2D eigenvalue weighted by Crippen LogP contribution is -2.44. The molecule has 0 spiro atoms. The Labute approximate surface area is 157 Å². The third kappa shape index (κ3) is 4.87. The van der Waals surface area contributed by atoms with E-state index in [0.717, 1.165) is 43.8 Å². The van der Waals surface area contributed by atoms with E-state index in [1.54, 1.807) is 12.1 Å². The smallest absolute Gasteiger partial charge is 0.115 e. The molecular formula is C23H31NO2. The molecule has 2 aromatic carbocycles. The number of likely N-dealkylation sites (tertiary alicyclic amines) is 1. The first-order valence-corrected chi connectivity index (χ1v) is 9.92. The average Bonchev–Trinajstić information content (AvgIpc) is 2.68. The van der Waals surface area contributed by atoms with Gasteiger partial charge in [-0.15, -0.1) is 0 Å².